The predicted molar refractivity (Wildman–Crippen MR) is 77.8 cm³/mol. The van der Waals surface area contributed by atoms with Gasteiger partial charge in [0.05, 0.1) is 9.40 Å². The topological polar surface area (TPSA) is 72.4 Å². The van der Waals surface area contributed by atoms with Crippen molar-refractivity contribution in [2.75, 3.05) is 13.6 Å². The second kappa shape index (κ2) is 5.98. The number of likely N-dealkylation sites (N-methyl/N-ethyl adjacent to an activating group) is 1. The molecule has 2 N–H and O–H groups in total. The van der Waals surface area contributed by atoms with Gasteiger partial charge in [0.1, 0.15) is 0 Å². The van der Waals surface area contributed by atoms with Crippen LogP contribution in [0.4, 0.5) is 5.69 Å². The number of nitrogens with zero attached hydrogens (tertiary/aromatic N) is 2. The molecule has 19 heavy (non-hydrogen) atoms. The van der Waals surface area contributed by atoms with Crippen LogP contribution in [0.3, 0.4) is 0 Å². The van der Waals surface area contributed by atoms with Gasteiger partial charge in [0, 0.05) is 25.2 Å². The van der Waals surface area contributed by atoms with Crippen molar-refractivity contribution >= 4 is 21.6 Å². The van der Waals surface area contributed by atoms with Crippen LogP contribution in [0, 0.1) is 16.0 Å². The van der Waals surface area contributed by atoms with Crippen LogP contribution in [0.25, 0.3) is 0 Å². The van der Waals surface area contributed by atoms with E-state index in [1.54, 1.807) is 12.1 Å². The van der Waals surface area contributed by atoms with Gasteiger partial charge in [-0.3, -0.25) is 15.0 Å². The molecule has 0 bridgehead atoms. The molecule has 1 fully saturated rings. The molecule has 1 aliphatic carbocycles. The van der Waals surface area contributed by atoms with Gasteiger partial charge in [-0.15, -0.1) is 0 Å². The standard InChI is InChI=1S/C13H18BrN3O2/c1-16(13(7-15)10-3-4-10)8-9-2-5-11(14)12(6-9)17(18)19/h2,5-6,10,13H,3-4,7-8,15H2,1H3. The molecule has 1 aromatic carbocycles. The van der Waals surface area contributed by atoms with Crippen molar-refractivity contribution < 1.29 is 4.92 Å². The zero-order valence-corrected chi connectivity index (χ0v) is 12.5. The first kappa shape index (κ1) is 14.4. The van der Waals surface area contributed by atoms with E-state index in [2.05, 4.69) is 20.8 Å². The summed E-state index contributed by atoms with van der Waals surface area (Å²) in [5, 5.41) is 10.9. The highest BCUT2D eigenvalue weighted by atomic mass is 79.9. The number of halogens is 1. The van der Waals surface area contributed by atoms with Crippen molar-refractivity contribution in [2.45, 2.75) is 25.4 Å². The number of rotatable bonds is 6. The minimum absolute atomic E-state index is 0.113. The molecule has 104 valence electrons. The molecule has 1 aromatic rings. The zero-order valence-electron chi connectivity index (χ0n) is 10.9. The summed E-state index contributed by atoms with van der Waals surface area (Å²) < 4.78 is 0.515. The van der Waals surface area contributed by atoms with Gasteiger partial charge < -0.3 is 5.73 Å². The van der Waals surface area contributed by atoms with Crippen molar-refractivity contribution in [3.63, 3.8) is 0 Å². The quantitative estimate of drug-likeness (QED) is 0.643. The maximum Gasteiger partial charge on any atom is 0.283 e. The summed E-state index contributed by atoms with van der Waals surface area (Å²) in [6.45, 7) is 1.33. The van der Waals surface area contributed by atoms with Crippen molar-refractivity contribution in [1.29, 1.82) is 0 Å². The summed E-state index contributed by atoms with van der Waals surface area (Å²) in [6, 6.07) is 5.65. The Kier molecular flexibility index (Phi) is 4.54. The first-order chi connectivity index (χ1) is 9.02. The van der Waals surface area contributed by atoms with Crippen LogP contribution in [0.5, 0.6) is 0 Å². The van der Waals surface area contributed by atoms with Gasteiger partial charge in [-0.05, 0) is 53.4 Å². The Bertz CT molecular complexity index is 477. The van der Waals surface area contributed by atoms with Crippen LogP contribution in [0.1, 0.15) is 18.4 Å². The number of hydrogen-bond acceptors (Lipinski definition) is 4. The minimum atomic E-state index is -0.366. The lowest BCUT2D eigenvalue weighted by Crippen LogP contribution is -2.39. The summed E-state index contributed by atoms with van der Waals surface area (Å²) >= 11 is 3.20. The van der Waals surface area contributed by atoms with E-state index in [-0.39, 0.29) is 10.6 Å². The third-order valence-electron chi connectivity index (χ3n) is 3.61. The Labute approximate surface area is 121 Å². The van der Waals surface area contributed by atoms with E-state index in [0.29, 0.717) is 29.5 Å². The minimum Gasteiger partial charge on any atom is -0.329 e. The second-order valence-electron chi connectivity index (χ2n) is 5.10. The highest BCUT2D eigenvalue weighted by molar-refractivity contribution is 9.10. The number of hydrogen-bond donors (Lipinski definition) is 1. The molecule has 5 nitrogen and oxygen atoms in total. The lowest BCUT2D eigenvalue weighted by molar-refractivity contribution is -0.385. The molecule has 2 rings (SSSR count). The van der Waals surface area contributed by atoms with E-state index in [1.807, 2.05) is 13.1 Å². The number of benzene rings is 1. The molecule has 0 aliphatic heterocycles. The van der Waals surface area contributed by atoms with E-state index in [1.165, 1.54) is 12.8 Å². The maximum absolute atomic E-state index is 10.9. The van der Waals surface area contributed by atoms with Crippen molar-refractivity contribution in [3.8, 4) is 0 Å². The fourth-order valence-electron chi connectivity index (χ4n) is 2.42. The van der Waals surface area contributed by atoms with Crippen molar-refractivity contribution in [2.24, 2.45) is 11.7 Å². The van der Waals surface area contributed by atoms with Crippen LogP contribution in [-0.4, -0.2) is 29.5 Å². The molecule has 0 aromatic heterocycles. The smallest absolute Gasteiger partial charge is 0.283 e. The molecule has 1 saturated carbocycles. The van der Waals surface area contributed by atoms with Crippen LogP contribution in [-0.2, 0) is 6.54 Å². The molecule has 0 amide bonds. The summed E-state index contributed by atoms with van der Waals surface area (Å²) in [5.74, 6) is 0.695. The van der Waals surface area contributed by atoms with Crippen LogP contribution < -0.4 is 5.73 Å². The number of nitro groups is 1. The van der Waals surface area contributed by atoms with Gasteiger partial charge in [0.15, 0.2) is 0 Å². The predicted octanol–water partition coefficient (Wildman–Crippen LogP) is 2.53. The van der Waals surface area contributed by atoms with Crippen molar-refractivity contribution in [1.82, 2.24) is 4.90 Å². The fraction of sp³-hybridized carbons (Fsp3) is 0.538. The van der Waals surface area contributed by atoms with E-state index in [4.69, 9.17) is 5.73 Å². The van der Waals surface area contributed by atoms with E-state index in [9.17, 15) is 10.1 Å². The number of nitro benzene ring substituents is 1. The molecule has 6 heteroatoms. The lowest BCUT2D eigenvalue weighted by atomic mass is 10.1. The van der Waals surface area contributed by atoms with Gasteiger partial charge in [0.25, 0.3) is 5.69 Å². The molecule has 1 unspecified atom stereocenters. The Hall–Kier alpha value is -0.980. The molecule has 0 spiro atoms. The van der Waals surface area contributed by atoms with Gasteiger partial charge >= 0.3 is 0 Å². The van der Waals surface area contributed by atoms with E-state index < -0.39 is 0 Å². The summed E-state index contributed by atoms with van der Waals surface area (Å²) in [4.78, 5) is 12.7. The van der Waals surface area contributed by atoms with E-state index >= 15 is 0 Å². The fourth-order valence-corrected chi connectivity index (χ4v) is 2.81. The molecule has 0 heterocycles. The SMILES string of the molecule is CN(Cc1ccc(Br)c([N+](=O)[O-])c1)C(CN)C1CC1. The van der Waals surface area contributed by atoms with Crippen LogP contribution in [0.15, 0.2) is 22.7 Å². The first-order valence-corrected chi connectivity index (χ1v) is 7.15. The van der Waals surface area contributed by atoms with Gasteiger partial charge in [-0.25, -0.2) is 0 Å². The average Bonchev–Trinajstić information content (AvgIpc) is 3.16. The van der Waals surface area contributed by atoms with Crippen LogP contribution >= 0.6 is 15.9 Å². The van der Waals surface area contributed by atoms with Crippen molar-refractivity contribution in [3.05, 3.63) is 38.3 Å². The van der Waals surface area contributed by atoms with Gasteiger partial charge in [0.2, 0.25) is 0 Å². The first-order valence-electron chi connectivity index (χ1n) is 6.36. The van der Waals surface area contributed by atoms with Gasteiger partial charge in [-0.2, -0.15) is 0 Å². The highest BCUT2D eigenvalue weighted by Gasteiger charge is 2.32. The maximum atomic E-state index is 10.9. The summed E-state index contributed by atoms with van der Waals surface area (Å²) in [5.41, 5.74) is 6.87. The molecular weight excluding hydrogens is 310 g/mol. The molecule has 1 aliphatic rings. The molecule has 0 radical (unpaired) electrons. The molecule has 0 saturated heterocycles. The second-order valence-corrected chi connectivity index (χ2v) is 5.95. The third-order valence-corrected chi connectivity index (χ3v) is 4.28. The van der Waals surface area contributed by atoms with Crippen LogP contribution in [0.2, 0.25) is 0 Å². The summed E-state index contributed by atoms with van der Waals surface area (Å²) in [7, 11) is 2.03. The van der Waals surface area contributed by atoms with E-state index in [0.717, 1.165) is 5.56 Å². The largest absolute Gasteiger partial charge is 0.329 e. The zero-order chi connectivity index (χ0) is 14.0. The Balaban J connectivity index is 2.09. The normalized spacial score (nSPS) is 16.6. The monoisotopic (exact) mass is 327 g/mol. The summed E-state index contributed by atoms with van der Waals surface area (Å²) in [6.07, 6.45) is 2.49. The molecular formula is C13H18BrN3O2. The lowest BCUT2D eigenvalue weighted by Gasteiger charge is -2.26. The Morgan fingerprint density at radius 2 is 2.26 bits per heavy atom. The molecule has 1 atom stereocenters. The Morgan fingerprint density at radius 1 is 1.58 bits per heavy atom. The number of nitrogens with two attached hydrogens (primary N) is 1. The van der Waals surface area contributed by atoms with Gasteiger partial charge in [-0.1, -0.05) is 6.07 Å². The third kappa shape index (κ3) is 3.52. The average molecular weight is 328 g/mol. The Morgan fingerprint density at radius 3 is 2.79 bits per heavy atom. The highest BCUT2D eigenvalue weighted by Crippen LogP contribution is 2.35.